The predicted molar refractivity (Wildman–Crippen MR) is 52.9 cm³/mol. The van der Waals surface area contributed by atoms with Gasteiger partial charge in [0.2, 0.25) is 5.91 Å². The van der Waals surface area contributed by atoms with Crippen LogP contribution in [0.2, 0.25) is 0 Å². The van der Waals surface area contributed by atoms with E-state index < -0.39 is 0 Å². The lowest BCUT2D eigenvalue weighted by Gasteiger charge is -2.23. The van der Waals surface area contributed by atoms with Crippen molar-refractivity contribution in [3.8, 4) is 0 Å². The molecule has 1 amide bonds. The normalized spacial score (nSPS) is 34.8. The Kier molecular flexibility index (Phi) is 3.03. The molecule has 1 aliphatic heterocycles. The minimum absolute atomic E-state index is 0.117. The topological polar surface area (TPSA) is 50.4 Å². The Bertz CT molecular complexity index is 220. The summed E-state index contributed by atoms with van der Waals surface area (Å²) in [5.74, 6) is 0.902. The molecule has 2 aliphatic rings. The molecule has 0 aromatic carbocycles. The van der Waals surface area contributed by atoms with Crippen molar-refractivity contribution in [3.05, 3.63) is 0 Å². The van der Waals surface area contributed by atoms with Crippen molar-refractivity contribution in [1.82, 2.24) is 10.6 Å². The van der Waals surface area contributed by atoms with E-state index in [4.69, 9.17) is 4.74 Å². The molecule has 0 spiro atoms. The Morgan fingerprint density at radius 3 is 3.00 bits per heavy atom. The van der Waals surface area contributed by atoms with E-state index >= 15 is 0 Å². The zero-order chi connectivity index (χ0) is 9.97. The van der Waals surface area contributed by atoms with Gasteiger partial charge in [-0.15, -0.1) is 0 Å². The Labute approximate surface area is 84.4 Å². The molecule has 3 unspecified atom stereocenters. The minimum atomic E-state index is 0.117. The first-order chi connectivity index (χ1) is 6.79. The van der Waals surface area contributed by atoms with Gasteiger partial charge < -0.3 is 15.4 Å². The van der Waals surface area contributed by atoms with Gasteiger partial charge in [-0.25, -0.2) is 0 Å². The molecule has 4 heteroatoms. The number of hydrogen-bond acceptors (Lipinski definition) is 3. The summed E-state index contributed by atoms with van der Waals surface area (Å²) in [6, 6.07) is 0.879. The van der Waals surface area contributed by atoms with Crippen LogP contribution in [-0.4, -0.2) is 38.3 Å². The van der Waals surface area contributed by atoms with Crippen molar-refractivity contribution in [1.29, 1.82) is 0 Å². The second-order valence-electron chi connectivity index (χ2n) is 4.27. The Morgan fingerprint density at radius 2 is 2.43 bits per heavy atom. The summed E-state index contributed by atoms with van der Waals surface area (Å²) < 4.78 is 4.86. The van der Waals surface area contributed by atoms with Crippen LogP contribution in [0.3, 0.4) is 0 Å². The van der Waals surface area contributed by atoms with Crippen molar-refractivity contribution >= 4 is 5.91 Å². The highest BCUT2D eigenvalue weighted by molar-refractivity contribution is 5.76. The number of fused-ring (bicyclic) bond motifs is 2. The molecule has 1 saturated carbocycles. The molecule has 2 fully saturated rings. The molecule has 1 heterocycles. The average molecular weight is 198 g/mol. The number of carbonyl (C=O) groups is 1. The second-order valence-corrected chi connectivity index (χ2v) is 4.27. The van der Waals surface area contributed by atoms with Crippen LogP contribution in [0.4, 0.5) is 0 Å². The van der Waals surface area contributed by atoms with E-state index in [1.807, 2.05) is 0 Å². The first-order valence-electron chi connectivity index (χ1n) is 5.31. The van der Waals surface area contributed by atoms with E-state index in [-0.39, 0.29) is 5.91 Å². The number of ether oxygens (including phenoxy) is 1. The highest BCUT2D eigenvalue weighted by Crippen LogP contribution is 2.30. The van der Waals surface area contributed by atoms with E-state index in [1.54, 1.807) is 7.11 Å². The molecule has 1 saturated heterocycles. The van der Waals surface area contributed by atoms with Gasteiger partial charge in [-0.1, -0.05) is 0 Å². The van der Waals surface area contributed by atoms with Crippen LogP contribution in [0.15, 0.2) is 0 Å². The first kappa shape index (κ1) is 9.93. The first-order valence-corrected chi connectivity index (χ1v) is 5.31. The number of carbonyl (C=O) groups excluding carboxylic acids is 1. The summed E-state index contributed by atoms with van der Waals surface area (Å²) in [7, 11) is 1.62. The zero-order valence-corrected chi connectivity index (χ0v) is 8.58. The second kappa shape index (κ2) is 4.28. The Balaban J connectivity index is 1.73. The van der Waals surface area contributed by atoms with Gasteiger partial charge >= 0.3 is 0 Å². The number of amides is 1. The molecule has 0 aromatic heterocycles. The molecular formula is C10H18N2O2. The Morgan fingerprint density at radius 1 is 1.57 bits per heavy atom. The maximum Gasteiger partial charge on any atom is 0.222 e. The number of nitrogens with one attached hydrogen (secondary N) is 2. The number of methoxy groups -OCH3 is 1. The van der Waals surface area contributed by atoms with E-state index in [9.17, 15) is 4.79 Å². The predicted octanol–water partition coefficient (Wildman–Crippen LogP) is -0.110. The molecule has 2 rings (SSSR count). The van der Waals surface area contributed by atoms with Crippen molar-refractivity contribution in [2.45, 2.75) is 31.3 Å². The van der Waals surface area contributed by atoms with Crippen LogP contribution >= 0.6 is 0 Å². The smallest absolute Gasteiger partial charge is 0.222 e. The fourth-order valence-corrected chi connectivity index (χ4v) is 2.49. The third kappa shape index (κ3) is 2.07. The maximum atomic E-state index is 11.4. The molecule has 0 aromatic rings. The lowest BCUT2D eigenvalue weighted by molar-refractivity contribution is -0.122. The van der Waals surface area contributed by atoms with Crippen molar-refractivity contribution in [2.75, 3.05) is 20.3 Å². The fourth-order valence-electron chi connectivity index (χ4n) is 2.49. The van der Waals surface area contributed by atoms with Crippen molar-refractivity contribution < 1.29 is 9.53 Å². The van der Waals surface area contributed by atoms with Crippen molar-refractivity contribution in [3.63, 3.8) is 0 Å². The fraction of sp³-hybridized carbons (Fsp3) is 0.900. The van der Waals surface area contributed by atoms with Gasteiger partial charge in [0.05, 0.1) is 6.61 Å². The molecule has 2 bridgehead atoms. The van der Waals surface area contributed by atoms with E-state index in [0.717, 1.165) is 18.9 Å². The van der Waals surface area contributed by atoms with Crippen molar-refractivity contribution in [2.24, 2.45) is 5.92 Å². The summed E-state index contributed by atoms with van der Waals surface area (Å²) in [4.78, 5) is 11.4. The van der Waals surface area contributed by atoms with Gasteiger partial charge in [0.1, 0.15) is 0 Å². The van der Waals surface area contributed by atoms with E-state index in [2.05, 4.69) is 10.6 Å². The molecule has 1 aliphatic carbocycles. The summed E-state index contributed by atoms with van der Waals surface area (Å²) >= 11 is 0. The van der Waals surface area contributed by atoms with Crippen LogP contribution in [0.25, 0.3) is 0 Å². The van der Waals surface area contributed by atoms with Gasteiger partial charge in [0, 0.05) is 25.6 Å². The number of piperidine rings is 1. The molecular weight excluding hydrogens is 180 g/mol. The van der Waals surface area contributed by atoms with Gasteiger partial charge in [0.15, 0.2) is 0 Å². The summed E-state index contributed by atoms with van der Waals surface area (Å²) in [5.41, 5.74) is 0. The molecule has 80 valence electrons. The SMILES string of the molecule is COCCC(=O)NC1CC2CNC1C2. The van der Waals surface area contributed by atoms with Gasteiger partial charge in [-0.05, 0) is 25.3 Å². The number of rotatable bonds is 4. The summed E-state index contributed by atoms with van der Waals surface area (Å²) in [6.07, 6.45) is 2.86. The summed E-state index contributed by atoms with van der Waals surface area (Å²) in [6.45, 7) is 1.65. The molecule has 14 heavy (non-hydrogen) atoms. The molecule has 4 nitrogen and oxygen atoms in total. The maximum absolute atomic E-state index is 11.4. The van der Waals surface area contributed by atoms with E-state index in [1.165, 1.54) is 6.42 Å². The quantitative estimate of drug-likeness (QED) is 0.662. The van der Waals surface area contributed by atoms with E-state index in [0.29, 0.717) is 25.1 Å². The third-order valence-corrected chi connectivity index (χ3v) is 3.21. The number of hydrogen-bond donors (Lipinski definition) is 2. The highest BCUT2D eigenvalue weighted by Gasteiger charge is 2.39. The highest BCUT2D eigenvalue weighted by atomic mass is 16.5. The third-order valence-electron chi connectivity index (χ3n) is 3.21. The standard InChI is InChI=1S/C10H18N2O2/c1-14-3-2-10(13)12-9-5-7-4-8(9)11-6-7/h7-9,11H,2-6H2,1H3,(H,12,13). The largest absolute Gasteiger partial charge is 0.384 e. The van der Waals surface area contributed by atoms with Crippen LogP contribution < -0.4 is 10.6 Å². The van der Waals surface area contributed by atoms with Gasteiger partial charge in [0.25, 0.3) is 0 Å². The lowest BCUT2D eigenvalue weighted by Crippen LogP contribution is -2.48. The summed E-state index contributed by atoms with van der Waals surface area (Å²) in [5, 5.41) is 6.49. The molecule has 0 radical (unpaired) electrons. The van der Waals surface area contributed by atoms with Crippen LogP contribution in [-0.2, 0) is 9.53 Å². The zero-order valence-electron chi connectivity index (χ0n) is 8.58. The monoisotopic (exact) mass is 198 g/mol. The van der Waals surface area contributed by atoms with Crippen LogP contribution in [0.5, 0.6) is 0 Å². The lowest BCUT2D eigenvalue weighted by atomic mass is 10.1. The Hall–Kier alpha value is -0.610. The molecule has 3 atom stereocenters. The van der Waals surface area contributed by atoms with Gasteiger partial charge in [-0.3, -0.25) is 4.79 Å². The average Bonchev–Trinajstić information content (AvgIpc) is 2.76. The van der Waals surface area contributed by atoms with Crippen LogP contribution in [0, 0.1) is 5.92 Å². The minimum Gasteiger partial charge on any atom is -0.384 e. The molecule has 2 N–H and O–H groups in total. The van der Waals surface area contributed by atoms with Crippen LogP contribution in [0.1, 0.15) is 19.3 Å². The van der Waals surface area contributed by atoms with Gasteiger partial charge in [-0.2, -0.15) is 0 Å².